The maximum absolute atomic E-state index is 15.1. The van der Waals surface area contributed by atoms with E-state index in [1.807, 2.05) is 0 Å². The summed E-state index contributed by atoms with van der Waals surface area (Å²) in [6.45, 7) is 4.13. The normalized spacial score (nSPS) is 14.0. The molecule has 0 aliphatic heterocycles. The Morgan fingerprint density at radius 1 is 1.24 bits per heavy atom. The minimum atomic E-state index is -2.01. The number of carbonyl (C=O) groups is 2. The Labute approximate surface area is 238 Å². The van der Waals surface area contributed by atoms with Gasteiger partial charge in [-0.05, 0) is 30.3 Å². The molecule has 2 aromatic carbocycles. The van der Waals surface area contributed by atoms with E-state index in [0.717, 1.165) is 28.7 Å². The van der Waals surface area contributed by atoms with Crippen molar-refractivity contribution in [2.45, 2.75) is 45.1 Å². The number of amides is 2. The first-order chi connectivity index (χ1) is 19.4. The molecule has 3 atom stereocenters. The zero-order chi connectivity index (χ0) is 29.9. The maximum atomic E-state index is 15.1. The number of rotatable bonds is 8. The molecule has 2 aromatic heterocycles. The molecular formula is C28H27F2N6O4S+. The van der Waals surface area contributed by atoms with Gasteiger partial charge in [0.2, 0.25) is 18.5 Å². The van der Waals surface area contributed by atoms with Gasteiger partial charge in [-0.1, -0.05) is 19.1 Å². The predicted octanol–water partition coefficient (Wildman–Crippen LogP) is 4.27. The van der Waals surface area contributed by atoms with Crippen LogP contribution < -0.4 is 4.57 Å². The molecule has 41 heavy (non-hydrogen) atoms. The maximum Gasteiger partial charge on any atom is 0.419 e. The summed E-state index contributed by atoms with van der Waals surface area (Å²) in [6.07, 6.45) is 1.04. The first-order valence-electron chi connectivity index (χ1n) is 12.4. The van der Waals surface area contributed by atoms with E-state index >= 15 is 4.39 Å². The SMILES string of the molecule is CC(=O)N(C)C(=O)OC(C)[n+]1cnn(CC(O)(c2cc(F)ccc2F)C(C)c2nc(-c3ccc(C#N)cc3)cs2)c1. The molecule has 10 nitrogen and oxygen atoms in total. The minimum absolute atomic E-state index is 0.273. The molecule has 0 aliphatic carbocycles. The zero-order valence-corrected chi connectivity index (χ0v) is 23.5. The first-order valence-corrected chi connectivity index (χ1v) is 13.3. The van der Waals surface area contributed by atoms with Gasteiger partial charge in [-0.3, -0.25) is 9.69 Å². The van der Waals surface area contributed by atoms with Gasteiger partial charge in [0.1, 0.15) is 23.8 Å². The molecule has 4 rings (SSSR count). The highest BCUT2D eigenvalue weighted by atomic mass is 32.1. The molecule has 3 unspecified atom stereocenters. The van der Waals surface area contributed by atoms with E-state index in [9.17, 15) is 19.1 Å². The number of aromatic nitrogens is 4. The molecule has 0 bridgehead atoms. The number of halogens is 2. The van der Waals surface area contributed by atoms with Crippen molar-refractivity contribution in [2.75, 3.05) is 7.05 Å². The number of nitriles is 1. The molecule has 13 heteroatoms. The van der Waals surface area contributed by atoms with Crippen molar-refractivity contribution >= 4 is 23.3 Å². The summed E-state index contributed by atoms with van der Waals surface area (Å²) in [5.74, 6) is -2.86. The molecule has 0 radical (unpaired) electrons. The molecule has 0 fully saturated rings. The second kappa shape index (κ2) is 11.9. The van der Waals surface area contributed by atoms with Crippen molar-refractivity contribution in [2.24, 2.45) is 0 Å². The van der Waals surface area contributed by atoms with Crippen molar-refractivity contribution in [3.63, 3.8) is 0 Å². The smallest absolute Gasteiger partial charge is 0.412 e. The number of benzene rings is 2. The lowest BCUT2D eigenvalue weighted by Gasteiger charge is -2.32. The van der Waals surface area contributed by atoms with Gasteiger partial charge in [0.15, 0.2) is 0 Å². The van der Waals surface area contributed by atoms with Crippen LogP contribution in [0.2, 0.25) is 0 Å². The molecule has 212 valence electrons. The quantitative estimate of drug-likeness (QED) is 0.308. The van der Waals surface area contributed by atoms with Crippen molar-refractivity contribution in [3.05, 3.63) is 88.3 Å². The number of nitrogens with zero attached hydrogens (tertiary/aromatic N) is 6. The number of imide groups is 1. The molecule has 0 saturated carbocycles. The predicted molar refractivity (Wildman–Crippen MR) is 143 cm³/mol. The lowest BCUT2D eigenvalue weighted by Crippen LogP contribution is -2.42. The number of ether oxygens (including phenoxy) is 1. The molecule has 2 heterocycles. The fourth-order valence-electron chi connectivity index (χ4n) is 4.09. The number of thiazole rings is 1. The molecule has 0 saturated heterocycles. The van der Waals surface area contributed by atoms with Gasteiger partial charge in [0, 0.05) is 48.4 Å². The summed E-state index contributed by atoms with van der Waals surface area (Å²) in [6, 6.07) is 11.8. The molecule has 4 aromatic rings. The first kappa shape index (κ1) is 29.4. The van der Waals surface area contributed by atoms with Crippen LogP contribution in [-0.4, -0.2) is 43.8 Å². The van der Waals surface area contributed by atoms with E-state index < -0.39 is 41.4 Å². The van der Waals surface area contributed by atoms with E-state index in [1.165, 1.54) is 47.2 Å². The lowest BCUT2D eigenvalue weighted by molar-refractivity contribution is -0.753. The number of carbonyl (C=O) groups excluding carboxylic acids is 2. The molecule has 2 amide bonds. The number of hydrogen-bond acceptors (Lipinski definition) is 8. The largest absolute Gasteiger partial charge is 0.419 e. The van der Waals surface area contributed by atoms with Crippen LogP contribution in [0.15, 0.2) is 60.5 Å². The van der Waals surface area contributed by atoms with Crippen molar-refractivity contribution in [1.29, 1.82) is 5.26 Å². The Morgan fingerprint density at radius 2 is 1.95 bits per heavy atom. The van der Waals surface area contributed by atoms with Gasteiger partial charge in [0.25, 0.3) is 6.33 Å². The Bertz CT molecular complexity index is 1620. The minimum Gasteiger partial charge on any atom is -0.412 e. The van der Waals surface area contributed by atoms with Crippen LogP contribution in [0.25, 0.3) is 11.3 Å². The van der Waals surface area contributed by atoms with E-state index in [-0.39, 0.29) is 12.1 Å². The second-order valence-corrected chi connectivity index (χ2v) is 10.4. The highest BCUT2D eigenvalue weighted by Gasteiger charge is 2.43. The van der Waals surface area contributed by atoms with Crippen molar-refractivity contribution in [1.82, 2.24) is 19.7 Å². The van der Waals surface area contributed by atoms with Gasteiger partial charge in [-0.15, -0.1) is 16.0 Å². The van der Waals surface area contributed by atoms with Crippen LogP contribution in [0.1, 0.15) is 49.1 Å². The Hall–Kier alpha value is -4.54. The van der Waals surface area contributed by atoms with Gasteiger partial charge < -0.3 is 9.84 Å². The van der Waals surface area contributed by atoms with Crippen LogP contribution in [-0.2, 0) is 21.7 Å². The highest BCUT2D eigenvalue weighted by Crippen LogP contribution is 2.41. The molecule has 0 spiro atoms. The van der Waals surface area contributed by atoms with E-state index in [0.29, 0.717) is 16.3 Å². The lowest BCUT2D eigenvalue weighted by atomic mass is 9.82. The number of hydrogen-bond donors (Lipinski definition) is 1. The van der Waals surface area contributed by atoms with E-state index in [1.54, 1.807) is 43.5 Å². The Kier molecular flexibility index (Phi) is 8.55. The fraction of sp³-hybridized carbons (Fsp3) is 0.286. The fourth-order valence-corrected chi connectivity index (χ4v) is 5.07. The standard InChI is InChI=1S/C28H27F2N6O4S/c1-17(26-33-25(13-41-26)21-7-5-20(12-31)6-8-21)28(39,23-11-22(29)9-10-24(23)30)14-36-16-35(15-32-36)19(3)40-27(38)34(4)18(2)37/h5-11,13,15-17,19,39H,14H2,1-4H3/q+1. The average Bonchev–Trinajstić information content (AvgIpc) is 3.63. The summed E-state index contributed by atoms with van der Waals surface area (Å²) in [5, 5.41) is 27.6. The summed E-state index contributed by atoms with van der Waals surface area (Å²) >= 11 is 1.25. The Balaban J connectivity index is 1.65. The zero-order valence-electron chi connectivity index (χ0n) is 22.7. The van der Waals surface area contributed by atoms with Crippen LogP contribution in [0.5, 0.6) is 0 Å². The second-order valence-electron chi connectivity index (χ2n) is 9.48. The third-order valence-electron chi connectivity index (χ3n) is 6.75. The average molecular weight is 582 g/mol. The molecule has 0 aliphatic rings. The summed E-state index contributed by atoms with van der Waals surface area (Å²) in [7, 11) is 1.28. The van der Waals surface area contributed by atoms with Crippen LogP contribution >= 0.6 is 11.3 Å². The third kappa shape index (κ3) is 6.29. The van der Waals surface area contributed by atoms with Crippen molar-refractivity contribution < 1.29 is 32.8 Å². The van der Waals surface area contributed by atoms with Crippen LogP contribution in [0.4, 0.5) is 13.6 Å². The Morgan fingerprint density at radius 3 is 2.61 bits per heavy atom. The van der Waals surface area contributed by atoms with E-state index in [4.69, 9.17) is 10.00 Å². The van der Waals surface area contributed by atoms with Crippen LogP contribution in [0.3, 0.4) is 0 Å². The van der Waals surface area contributed by atoms with Gasteiger partial charge in [-0.2, -0.15) is 9.83 Å². The van der Waals surface area contributed by atoms with Crippen molar-refractivity contribution in [3.8, 4) is 17.3 Å². The third-order valence-corrected chi connectivity index (χ3v) is 7.78. The van der Waals surface area contributed by atoms with Gasteiger partial charge in [-0.25, -0.2) is 18.6 Å². The van der Waals surface area contributed by atoms with Gasteiger partial charge >= 0.3 is 6.09 Å². The van der Waals surface area contributed by atoms with Crippen LogP contribution in [0, 0.1) is 23.0 Å². The number of aliphatic hydroxyl groups is 1. The molecular weight excluding hydrogens is 554 g/mol. The summed E-state index contributed by atoms with van der Waals surface area (Å²) < 4.78 is 37.4. The van der Waals surface area contributed by atoms with Gasteiger partial charge in [0.05, 0.1) is 22.3 Å². The highest BCUT2D eigenvalue weighted by molar-refractivity contribution is 7.10. The molecule has 1 N–H and O–H groups in total. The topological polar surface area (TPSA) is 125 Å². The van der Waals surface area contributed by atoms with E-state index in [2.05, 4.69) is 16.2 Å². The summed E-state index contributed by atoms with van der Waals surface area (Å²) in [5.41, 5.74) is -0.424. The summed E-state index contributed by atoms with van der Waals surface area (Å²) in [4.78, 5) is 29.1. The monoisotopic (exact) mass is 581 g/mol.